The minimum absolute atomic E-state index is 0.0347. The number of aromatic nitrogens is 2. The normalized spacial score (nSPS) is 14.5. The fourth-order valence-corrected chi connectivity index (χ4v) is 3.20. The smallest absolute Gasteiger partial charge is 0.317 e. The van der Waals surface area contributed by atoms with E-state index in [1.165, 1.54) is 11.3 Å². The molecule has 0 radical (unpaired) electrons. The van der Waals surface area contributed by atoms with Crippen LogP contribution in [0.4, 0.5) is 4.79 Å². The van der Waals surface area contributed by atoms with Crippen LogP contribution in [0.15, 0.2) is 36.5 Å². The summed E-state index contributed by atoms with van der Waals surface area (Å²) in [5, 5.41) is 3.01. The first kappa shape index (κ1) is 16.6. The van der Waals surface area contributed by atoms with Gasteiger partial charge in [-0.1, -0.05) is 37.3 Å². The molecule has 3 rings (SSSR count). The topological polar surface area (TPSA) is 50.2 Å². The number of urea groups is 1. The average molecular weight is 326 g/mol. The number of amides is 2. The maximum absolute atomic E-state index is 12.2. The Morgan fingerprint density at radius 3 is 2.75 bits per heavy atom. The molecule has 0 spiro atoms. The molecule has 0 aliphatic carbocycles. The van der Waals surface area contributed by atoms with E-state index >= 15 is 0 Å². The van der Waals surface area contributed by atoms with Crippen LogP contribution in [0.3, 0.4) is 0 Å². The van der Waals surface area contributed by atoms with Crippen molar-refractivity contribution in [2.24, 2.45) is 0 Å². The van der Waals surface area contributed by atoms with E-state index < -0.39 is 0 Å². The van der Waals surface area contributed by atoms with Gasteiger partial charge >= 0.3 is 6.03 Å². The molecule has 1 saturated heterocycles. The van der Waals surface area contributed by atoms with E-state index in [0.29, 0.717) is 12.5 Å². The molecule has 1 aliphatic rings. The molecule has 1 aromatic carbocycles. The van der Waals surface area contributed by atoms with Crippen LogP contribution in [0.2, 0.25) is 0 Å². The summed E-state index contributed by atoms with van der Waals surface area (Å²) >= 11 is 0. The van der Waals surface area contributed by atoms with Crippen LogP contribution >= 0.6 is 0 Å². The number of hydrogen-bond donors (Lipinski definition) is 1. The number of aryl methyl sites for hydroxylation is 1. The summed E-state index contributed by atoms with van der Waals surface area (Å²) in [5.74, 6) is 1.49. The standard InChI is InChI=1S/C19H26N4O/c1-3-11-23-15(2)12-21-18(23)17-13-22(14-17)19(24)20-10-9-16-7-5-4-6-8-16/h4-8,12,17H,3,9-11,13-14H2,1-2H3,(H,20,24). The molecular weight excluding hydrogens is 300 g/mol. The second kappa shape index (κ2) is 7.51. The van der Waals surface area contributed by atoms with Crippen LogP contribution in [0, 0.1) is 6.92 Å². The third kappa shape index (κ3) is 3.61. The van der Waals surface area contributed by atoms with Crippen molar-refractivity contribution in [3.63, 3.8) is 0 Å². The zero-order chi connectivity index (χ0) is 16.9. The Kier molecular flexibility index (Phi) is 5.18. The molecule has 5 heteroatoms. The van der Waals surface area contributed by atoms with Gasteiger partial charge in [0, 0.05) is 38.1 Å². The highest BCUT2D eigenvalue weighted by Gasteiger charge is 2.34. The summed E-state index contributed by atoms with van der Waals surface area (Å²) in [6.07, 6.45) is 3.90. The van der Waals surface area contributed by atoms with E-state index in [4.69, 9.17) is 0 Å². The first-order valence-corrected chi connectivity index (χ1v) is 8.77. The summed E-state index contributed by atoms with van der Waals surface area (Å²) in [7, 11) is 0. The first-order chi connectivity index (χ1) is 11.7. The van der Waals surface area contributed by atoms with Gasteiger partial charge in [-0.3, -0.25) is 0 Å². The van der Waals surface area contributed by atoms with E-state index in [2.05, 4.69) is 40.8 Å². The zero-order valence-electron chi connectivity index (χ0n) is 14.5. The lowest BCUT2D eigenvalue weighted by molar-refractivity contribution is 0.147. The van der Waals surface area contributed by atoms with Gasteiger partial charge in [-0.05, 0) is 25.3 Å². The van der Waals surface area contributed by atoms with Crippen LogP contribution in [0.1, 0.15) is 36.3 Å². The lowest BCUT2D eigenvalue weighted by atomic mass is 9.99. The van der Waals surface area contributed by atoms with E-state index in [9.17, 15) is 4.79 Å². The molecule has 0 atom stereocenters. The molecule has 0 bridgehead atoms. The van der Waals surface area contributed by atoms with Crippen molar-refractivity contribution in [2.45, 2.75) is 39.2 Å². The van der Waals surface area contributed by atoms with Crippen molar-refractivity contribution < 1.29 is 4.79 Å². The van der Waals surface area contributed by atoms with Crippen LogP contribution in [-0.2, 0) is 13.0 Å². The highest BCUT2D eigenvalue weighted by Crippen LogP contribution is 2.27. The highest BCUT2D eigenvalue weighted by atomic mass is 16.2. The van der Waals surface area contributed by atoms with Crippen molar-refractivity contribution in [1.82, 2.24) is 19.8 Å². The monoisotopic (exact) mass is 326 g/mol. The molecule has 2 heterocycles. The largest absolute Gasteiger partial charge is 0.338 e. The fourth-order valence-electron chi connectivity index (χ4n) is 3.20. The SMILES string of the molecule is CCCn1c(C)cnc1C1CN(C(=O)NCCc2ccccc2)C1. The summed E-state index contributed by atoms with van der Waals surface area (Å²) in [4.78, 5) is 18.6. The quantitative estimate of drug-likeness (QED) is 0.887. The molecule has 1 fully saturated rings. The Hall–Kier alpha value is -2.30. The molecule has 0 saturated carbocycles. The lowest BCUT2D eigenvalue weighted by Gasteiger charge is -2.39. The summed E-state index contributed by atoms with van der Waals surface area (Å²) in [6, 6.07) is 10.3. The van der Waals surface area contributed by atoms with E-state index in [1.54, 1.807) is 0 Å². The van der Waals surface area contributed by atoms with Crippen molar-refractivity contribution >= 4 is 6.03 Å². The van der Waals surface area contributed by atoms with Crippen LogP contribution in [-0.4, -0.2) is 40.1 Å². The van der Waals surface area contributed by atoms with Crippen molar-refractivity contribution in [2.75, 3.05) is 19.6 Å². The molecule has 24 heavy (non-hydrogen) atoms. The van der Waals surface area contributed by atoms with Crippen LogP contribution < -0.4 is 5.32 Å². The minimum atomic E-state index is 0.0347. The molecule has 2 aromatic rings. The van der Waals surface area contributed by atoms with Gasteiger partial charge in [-0.2, -0.15) is 0 Å². The molecule has 0 unspecified atom stereocenters. The molecule has 2 amide bonds. The Balaban J connectivity index is 1.45. The van der Waals surface area contributed by atoms with Crippen molar-refractivity contribution in [1.29, 1.82) is 0 Å². The Morgan fingerprint density at radius 1 is 1.29 bits per heavy atom. The van der Waals surface area contributed by atoms with Gasteiger partial charge in [0.1, 0.15) is 5.82 Å². The van der Waals surface area contributed by atoms with Gasteiger partial charge in [0.15, 0.2) is 0 Å². The van der Waals surface area contributed by atoms with Gasteiger partial charge in [-0.25, -0.2) is 9.78 Å². The predicted octanol–water partition coefficient (Wildman–Crippen LogP) is 2.95. The van der Waals surface area contributed by atoms with E-state index in [1.807, 2.05) is 29.3 Å². The Morgan fingerprint density at radius 2 is 2.04 bits per heavy atom. The van der Waals surface area contributed by atoms with Gasteiger partial charge in [-0.15, -0.1) is 0 Å². The third-order valence-electron chi connectivity index (χ3n) is 4.60. The molecule has 1 aromatic heterocycles. The Labute approximate surface area is 143 Å². The minimum Gasteiger partial charge on any atom is -0.338 e. The van der Waals surface area contributed by atoms with E-state index in [0.717, 1.165) is 38.3 Å². The summed E-state index contributed by atoms with van der Waals surface area (Å²) in [5.41, 5.74) is 2.45. The molecule has 128 valence electrons. The number of nitrogens with one attached hydrogen (secondary N) is 1. The molecule has 1 aliphatic heterocycles. The number of likely N-dealkylation sites (tertiary alicyclic amines) is 1. The van der Waals surface area contributed by atoms with Gasteiger partial charge < -0.3 is 14.8 Å². The highest BCUT2D eigenvalue weighted by molar-refractivity contribution is 5.75. The number of carbonyl (C=O) groups excluding carboxylic acids is 1. The number of nitrogens with zero attached hydrogens (tertiary/aromatic N) is 3. The maximum atomic E-state index is 12.2. The van der Waals surface area contributed by atoms with Crippen molar-refractivity contribution in [3.8, 4) is 0 Å². The van der Waals surface area contributed by atoms with Gasteiger partial charge in [0.2, 0.25) is 0 Å². The zero-order valence-corrected chi connectivity index (χ0v) is 14.5. The maximum Gasteiger partial charge on any atom is 0.317 e. The predicted molar refractivity (Wildman–Crippen MR) is 95.1 cm³/mol. The Bertz CT molecular complexity index is 674. The van der Waals surface area contributed by atoms with Crippen LogP contribution in [0.5, 0.6) is 0 Å². The van der Waals surface area contributed by atoms with E-state index in [-0.39, 0.29) is 6.03 Å². The summed E-state index contributed by atoms with van der Waals surface area (Å²) < 4.78 is 2.29. The number of carbonyl (C=O) groups is 1. The number of benzene rings is 1. The van der Waals surface area contributed by atoms with Gasteiger partial charge in [0.25, 0.3) is 0 Å². The number of imidazole rings is 1. The number of hydrogen-bond acceptors (Lipinski definition) is 2. The van der Waals surface area contributed by atoms with Gasteiger partial charge in [0.05, 0.1) is 5.92 Å². The third-order valence-corrected chi connectivity index (χ3v) is 4.60. The lowest BCUT2D eigenvalue weighted by Crippen LogP contribution is -2.53. The fraction of sp³-hybridized carbons (Fsp3) is 0.474. The molecular formula is C19H26N4O. The second-order valence-corrected chi connectivity index (χ2v) is 6.48. The number of rotatable bonds is 6. The summed E-state index contributed by atoms with van der Waals surface area (Å²) in [6.45, 7) is 7.47. The van der Waals surface area contributed by atoms with Crippen molar-refractivity contribution in [3.05, 3.63) is 53.6 Å². The molecule has 5 nitrogen and oxygen atoms in total. The van der Waals surface area contributed by atoms with Crippen LogP contribution in [0.25, 0.3) is 0 Å². The molecule has 1 N–H and O–H groups in total. The average Bonchev–Trinajstić information content (AvgIpc) is 2.89. The first-order valence-electron chi connectivity index (χ1n) is 8.77. The second-order valence-electron chi connectivity index (χ2n) is 6.48.